The molecule has 0 amide bonds. The van der Waals surface area contributed by atoms with Crippen molar-refractivity contribution in [3.05, 3.63) is 57.1 Å². The topological polar surface area (TPSA) is 148 Å². The zero-order valence-corrected chi connectivity index (χ0v) is 17.9. The third-order valence-corrected chi connectivity index (χ3v) is 4.85. The van der Waals surface area contributed by atoms with Crippen molar-refractivity contribution in [1.82, 2.24) is 14.4 Å². The van der Waals surface area contributed by atoms with Crippen molar-refractivity contribution in [2.75, 3.05) is 39.3 Å². The van der Waals surface area contributed by atoms with E-state index >= 15 is 0 Å². The van der Waals surface area contributed by atoms with Crippen molar-refractivity contribution in [2.45, 2.75) is 0 Å². The smallest absolute Gasteiger partial charge is 0.386 e. The van der Waals surface area contributed by atoms with Crippen molar-refractivity contribution in [1.29, 1.82) is 0 Å². The van der Waals surface area contributed by atoms with E-state index in [2.05, 4.69) is 9.98 Å². The number of nitrogens with zero attached hydrogens (tertiary/aromatic N) is 3. The summed E-state index contributed by atoms with van der Waals surface area (Å²) in [7, 11) is 0. The molecule has 2 aromatic heterocycles. The zero-order valence-electron chi connectivity index (χ0n) is 16.2. The molecule has 0 unspecified atom stereocenters. The van der Waals surface area contributed by atoms with Gasteiger partial charge in [-0.25, -0.2) is 9.98 Å². The monoisotopic (exact) mass is 454 g/mol. The van der Waals surface area contributed by atoms with Gasteiger partial charge in [-0.3, -0.25) is 4.90 Å². The predicted molar refractivity (Wildman–Crippen MR) is 116 cm³/mol. The van der Waals surface area contributed by atoms with Crippen molar-refractivity contribution < 1.29 is 30.6 Å². The summed E-state index contributed by atoms with van der Waals surface area (Å²) >= 11 is 9.91. The third-order valence-electron chi connectivity index (χ3n) is 4.23. The number of aliphatic hydroxyl groups is 2. The predicted octanol–water partition coefficient (Wildman–Crippen LogP) is -2.05. The van der Waals surface area contributed by atoms with Crippen molar-refractivity contribution >= 4 is 36.2 Å². The molecule has 2 rings (SSSR count). The maximum Gasteiger partial charge on any atom is 0.386 e. The van der Waals surface area contributed by atoms with Gasteiger partial charge < -0.3 is 26.4 Å². The van der Waals surface area contributed by atoms with Gasteiger partial charge in [0.1, 0.15) is 9.28 Å². The van der Waals surface area contributed by atoms with Gasteiger partial charge in [-0.15, -0.1) is 0 Å². The maximum absolute atomic E-state index is 10.1. The van der Waals surface area contributed by atoms with Crippen LogP contribution in [0.3, 0.4) is 0 Å². The number of aliphatic hydroxyl groups excluding tert-OH is 2. The number of pyridine rings is 2. The molecule has 0 aliphatic heterocycles. The van der Waals surface area contributed by atoms with Crippen LogP contribution < -0.4 is 15.7 Å². The number of rotatable bonds is 10. The van der Waals surface area contributed by atoms with E-state index in [9.17, 15) is 20.6 Å². The van der Waals surface area contributed by atoms with Crippen LogP contribution in [0.1, 0.15) is 11.4 Å². The summed E-state index contributed by atoms with van der Waals surface area (Å²) in [6.45, 7) is 2.91. The Hall–Kier alpha value is -2.80. The second kappa shape index (κ2) is 11.4. The van der Waals surface area contributed by atoms with Gasteiger partial charge in [0, 0.05) is 13.1 Å². The van der Waals surface area contributed by atoms with Gasteiger partial charge in [0.05, 0.1) is 13.1 Å². The van der Waals surface area contributed by atoms with E-state index in [0.717, 1.165) is 9.46 Å². The van der Waals surface area contributed by atoms with Crippen molar-refractivity contribution in [3.8, 4) is 0 Å². The van der Waals surface area contributed by atoms with E-state index in [-0.39, 0.29) is 32.5 Å². The Morgan fingerprint density at radius 3 is 1.67 bits per heavy atom. The minimum absolute atomic E-state index is 0.162. The fraction of sp³-hybridized carbons (Fsp3) is 0.333. The van der Waals surface area contributed by atoms with E-state index < -0.39 is 0 Å². The van der Waals surface area contributed by atoms with Crippen LogP contribution in [-0.4, -0.2) is 86.1 Å². The lowest BCUT2D eigenvalue weighted by Gasteiger charge is -2.16. The molecule has 0 saturated heterocycles. The van der Waals surface area contributed by atoms with Crippen LogP contribution in [0, 0.1) is 9.28 Å². The van der Waals surface area contributed by atoms with Crippen LogP contribution in [0.5, 0.6) is 0 Å². The third kappa shape index (κ3) is 6.35. The molecular formula is C18H26N6O4S2+2. The average molecular weight is 455 g/mol. The van der Waals surface area contributed by atoms with Gasteiger partial charge in [-0.05, 0) is 24.3 Å². The second-order valence-electron chi connectivity index (χ2n) is 6.30. The normalized spacial score (nSPS) is 12.5. The Bertz CT molecular complexity index is 954. The largest absolute Gasteiger partial charge is 0.459 e. The summed E-state index contributed by atoms with van der Waals surface area (Å²) in [6.07, 6.45) is 0. The first kappa shape index (κ1) is 23.5. The van der Waals surface area contributed by atoms with Gasteiger partial charge in [-0.1, -0.05) is 36.6 Å². The minimum atomic E-state index is -0.197. The lowest BCUT2D eigenvalue weighted by Crippen LogP contribution is -2.77. The Morgan fingerprint density at radius 2 is 1.27 bits per heavy atom. The molecule has 0 fully saturated rings. The first-order chi connectivity index (χ1) is 14.3. The van der Waals surface area contributed by atoms with Gasteiger partial charge in [0.25, 0.3) is 0 Å². The minimum Gasteiger partial charge on any atom is -0.459 e. The molecule has 0 bridgehead atoms. The molecule has 0 spiro atoms. The summed E-state index contributed by atoms with van der Waals surface area (Å²) in [5.74, 6) is -0.394. The maximum atomic E-state index is 10.1. The number of nitrogens with one attached hydrogen (secondary N) is 2. The quantitative estimate of drug-likeness (QED) is 0.0940. The molecule has 2 heterocycles. The van der Waals surface area contributed by atoms with E-state index in [1.54, 1.807) is 12.1 Å². The molecular weight excluding hydrogens is 428 g/mol. The van der Waals surface area contributed by atoms with Crippen LogP contribution >= 0.6 is 24.4 Å². The average Bonchev–Trinajstić information content (AvgIpc) is 2.71. The lowest BCUT2D eigenvalue weighted by molar-refractivity contribution is -0.473. The highest BCUT2D eigenvalue weighted by atomic mass is 32.1. The summed E-state index contributed by atoms with van der Waals surface area (Å²) in [5, 5.41) is 40.0. The Balaban J connectivity index is 1.96. The van der Waals surface area contributed by atoms with Crippen LogP contribution in [-0.2, 0) is 0 Å². The molecule has 8 N–H and O–H groups in total. The Labute approximate surface area is 183 Å². The summed E-state index contributed by atoms with van der Waals surface area (Å²) in [5.41, 5.74) is 5.98. The summed E-state index contributed by atoms with van der Waals surface area (Å²) in [4.78, 5) is 7.69. The molecule has 10 nitrogen and oxygen atoms in total. The molecule has 0 saturated carbocycles. The fourth-order valence-electron chi connectivity index (χ4n) is 2.69. The SMILES string of the molecule is NCCN(CC[NH+]=C(O)c1cccc(=S)n1O)CC[NH+]=C(O)c1cccc(=S)n1O. The Kier molecular flexibility index (Phi) is 8.92. The number of hydrogen-bond acceptors (Lipinski definition) is 6. The van der Waals surface area contributed by atoms with Crippen LogP contribution in [0.2, 0.25) is 0 Å². The van der Waals surface area contributed by atoms with Crippen LogP contribution in [0.4, 0.5) is 0 Å². The molecule has 12 heteroatoms. The van der Waals surface area contributed by atoms with Crippen molar-refractivity contribution in [2.24, 2.45) is 5.73 Å². The Morgan fingerprint density at radius 1 is 0.833 bits per heavy atom. The van der Waals surface area contributed by atoms with Gasteiger partial charge in [0.2, 0.25) is 0 Å². The molecule has 2 aromatic rings. The van der Waals surface area contributed by atoms with Crippen LogP contribution in [0.25, 0.3) is 0 Å². The van der Waals surface area contributed by atoms with E-state index in [1.165, 1.54) is 24.3 Å². The van der Waals surface area contributed by atoms with Crippen molar-refractivity contribution in [3.63, 3.8) is 0 Å². The molecule has 162 valence electrons. The van der Waals surface area contributed by atoms with Gasteiger partial charge in [-0.2, -0.15) is 9.46 Å². The number of hydrogen-bond donors (Lipinski definition) is 7. The molecule has 0 atom stereocenters. The highest BCUT2D eigenvalue weighted by Gasteiger charge is 2.15. The first-order valence-corrected chi connectivity index (χ1v) is 10.0. The molecule has 30 heavy (non-hydrogen) atoms. The number of nitrogens with two attached hydrogens (primary N) is 1. The zero-order chi connectivity index (χ0) is 22.1. The van der Waals surface area contributed by atoms with E-state index in [0.29, 0.717) is 39.3 Å². The first-order valence-electron chi connectivity index (χ1n) is 9.20. The highest BCUT2D eigenvalue weighted by Crippen LogP contribution is 1.99. The van der Waals surface area contributed by atoms with E-state index in [4.69, 9.17) is 30.2 Å². The fourth-order valence-corrected chi connectivity index (χ4v) is 3.04. The second-order valence-corrected chi connectivity index (χ2v) is 7.14. The number of aromatic nitrogens is 2. The van der Waals surface area contributed by atoms with E-state index in [1.807, 2.05) is 4.90 Å². The lowest BCUT2D eigenvalue weighted by atomic mass is 10.3. The molecule has 0 aromatic carbocycles. The van der Waals surface area contributed by atoms with Gasteiger partial charge >= 0.3 is 11.8 Å². The summed E-state index contributed by atoms with van der Waals surface area (Å²) in [6, 6.07) is 9.41. The van der Waals surface area contributed by atoms with Crippen LogP contribution in [0.15, 0.2) is 36.4 Å². The molecule has 0 aliphatic rings. The highest BCUT2D eigenvalue weighted by molar-refractivity contribution is 7.71. The van der Waals surface area contributed by atoms with Gasteiger partial charge in [0.15, 0.2) is 24.5 Å². The standard InChI is InChI=1S/C18H24N6O4S2/c19-7-10-22(11-8-20-17(25)13-3-1-5-15(29)23(13)27)12-9-21-18(26)14-4-2-6-16(30)24(14)28/h1-6,27-28H,7-12,19H2,(H,20,25)(H,21,26)/p+2. The summed E-state index contributed by atoms with van der Waals surface area (Å²) < 4.78 is 1.81. The molecule has 0 radical (unpaired) electrons. The molecule has 0 aliphatic carbocycles.